The maximum atomic E-state index is 12.6. The van der Waals surface area contributed by atoms with Gasteiger partial charge in [0.1, 0.15) is 11.3 Å². The van der Waals surface area contributed by atoms with Crippen LogP contribution < -0.4 is 4.74 Å². The monoisotopic (exact) mass is 318 g/mol. The SMILES string of the molecule is O=C(c1ccc(OC2CCCC2)cc1[N+](=O)[O-])N1CCCCC1. The predicted octanol–water partition coefficient (Wildman–Crippen LogP) is 3.54. The van der Waals surface area contributed by atoms with Crippen LogP contribution in [0.4, 0.5) is 5.69 Å². The van der Waals surface area contributed by atoms with E-state index in [4.69, 9.17) is 4.74 Å². The molecule has 1 aliphatic heterocycles. The summed E-state index contributed by atoms with van der Waals surface area (Å²) in [7, 11) is 0. The molecule has 0 atom stereocenters. The average Bonchev–Trinajstić information content (AvgIpc) is 3.08. The van der Waals surface area contributed by atoms with Crippen LogP contribution in [0.3, 0.4) is 0 Å². The second-order valence-electron chi connectivity index (χ2n) is 6.31. The molecule has 0 N–H and O–H groups in total. The van der Waals surface area contributed by atoms with E-state index < -0.39 is 4.92 Å². The molecular formula is C17H22N2O4. The highest BCUT2D eigenvalue weighted by molar-refractivity contribution is 5.98. The van der Waals surface area contributed by atoms with Crippen LogP contribution in [0.2, 0.25) is 0 Å². The van der Waals surface area contributed by atoms with Gasteiger partial charge in [-0.05, 0) is 57.1 Å². The van der Waals surface area contributed by atoms with Gasteiger partial charge in [-0.3, -0.25) is 14.9 Å². The number of hydrogen-bond donors (Lipinski definition) is 0. The van der Waals surface area contributed by atoms with Gasteiger partial charge in [-0.15, -0.1) is 0 Å². The van der Waals surface area contributed by atoms with Crippen LogP contribution in [-0.2, 0) is 0 Å². The summed E-state index contributed by atoms with van der Waals surface area (Å²) in [5, 5.41) is 11.4. The number of likely N-dealkylation sites (tertiary alicyclic amines) is 1. The third-order valence-corrected chi connectivity index (χ3v) is 4.64. The number of nitro benzene ring substituents is 1. The zero-order valence-electron chi connectivity index (χ0n) is 13.2. The Morgan fingerprint density at radius 1 is 1.13 bits per heavy atom. The maximum absolute atomic E-state index is 12.6. The molecule has 1 aromatic rings. The fourth-order valence-electron chi connectivity index (χ4n) is 3.38. The van der Waals surface area contributed by atoms with Crippen molar-refractivity contribution in [3.05, 3.63) is 33.9 Å². The molecule has 0 radical (unpaired) electrons. The summed E-state index contributed by atoms with van der Waals surface area (Å²) in [4.78, 5) is 25.2. The minimum atomic E-state index is -0.487. The first-order chi connectivity index (χ1) is 11.1. The van der Waals surface area contributed by atoms with Crippen molar-refractivity contribution >= 4 is 11.6 Å². The minimum absolute atomic E-state index is 0.137. The Morgan fingerprint density at radius 3 is 2.48 bits per heavy atom. The maximum Gasteiger partial charge on any atom is 0.285 e. The Morgan fingerprint density at radius 2 is 1.83 bits per heavy atom. The van der Waals surface area contributed by atoms with E-state index in [0.29, 0.717) is 18.8 Å². The largest absolute Gasteiger partial charge is 0.490 e. The van der Waals surface area contributed by atoms with E-state index in [0.717, 1.165) is 44.9 Å². The Bertz CT molecular complexity index is 590. The zero-order chi connectivity index (χ0) is 16.2. The van der Waals surface area contributed by atoms with Crippen LogP contribution in [0.15, 0.2) is 18.2 Å². The lowest BCUT2D eigenvalue weighted by atomic mass is 10.1. The lowest BCUT2D eigenvalue weighted by Gasteiger charge is -2.26. The molecule has 124 valence electrons. The van der Waals surface area contributed by atoms with Gasteiger partial charge in [0.05, 0.1) is 17.1 Å². The number of nitro groups is 1. The first kappa shape index (κ1) is 15.8. The number of hydrogen-bond acceptors (Lipinski definition) is 4. The molecule has 1 saturated carbocycles. The van der Waals surface area contributed by atoms with E-state index in [9.17, 15) is 14.9 Å². The van der Waals surface area contributed by atoms with E-state index in [1.54, 1.807) is 17.0 Å². The normalized spacial score (nSPS) is 18.9. The first-order valence-electron chi connectivity index (χ1n) is 8.39. The molecule has 6 nitrogen and oxygen atoms in total. The van der Waals surface area contributed by atoms with Gasteiger partial charge >= 0.3 is 0 Å². The topological polar surface area (TPSA) is 72.7 Å². The highest BCUT2D eigenvalue weighted by Crippen LogP contribution is 2.30. The Kier molecular flexibility index (Phi) is 4.79. The van der Waals surface area contributed by atoms with Crippen molar-refractivity contribution in [2.75, 3.05) is 13.1 Å². The minimum Gasteiger partial charge on any atom is -0.490 e. The standard InChI is InChI=1S/C17H22N2O4/c20-17(18-10-4-1-5-11-18)15-9-8-14(12-16(15)19(21)22)23-13-6-2-3-7-13/h8-9,12-13H,1-7,10-11H2. The van der Waals surface area contributed by atoms with E-state index >= 15 is 0 Å². The Balaban J connectivity index is 1.81. The molecule has 1 aromatic carbocycles. The Labute approximate surface area is 135 Å². The number of rotatable bonds is 4. The number of piperidine rings is 1. The van der Waals surface area contributed by atoms with Crippen molar-refractivity contribution in [2.45, 2.75) is 51.0 Å². The second kappa shape index (κ2) is 6.98. The molecule has 2 fully saturated rings. The first-order valence-corrected chi connectivity index (χ1v) is 8.39. The molecule has 2 aliphatic rings. The average molecular weight is 318 g/mol. The summed E-state index contributed by atoms with van der Waals surface area (Å²) in [6.45, 7) is 1.35. The number of carbonyl (C=O) groups is 1. The number of benzene rings is 1. The van der Waals surface area contributed by atoms with Crippen LogP contribution in [0.5, 0.6) is 5.75 Å². The molecule has 0 spiro atoms. The summed E-state index contributed by atoms with van der Waals surface area (Å²) in [6.07, 6.45) is 7.42. The third-order valence-electron chi connectivity index (χ3n) is 4.64. The van der Waals surface area contributed by atoms with E-state index in [1.807, 2.05) is 0 Å². The van der Waals surface area contributed by atoms with Gasteiger partial charge in [-0.2, -0.15) is 0 Å². The van der Waals surface area contributed by atoms with E-state index in [2.05, 4.69) is 0 Å². The third kappa shape index (κ3) is 3.63. The van der Waals surface area contributed by atoms with Gasteiger partial charge in [-0.25, -0.2) is 0 Å². The molecule has 1 aliphatic carbocycles. The predicted molar refractivity (Wildman–Crippen MR) is 85.7 cm³/mol. The fourth-order valence-corrected chi connectivity index (χ4v) is 3.38. The fraction of sp³-hybridized carbons (Fsp3) is 0.588. The molecular weight excluding hydrogens is 296 g/mol. The number of amides is 1. The van der Waals surface area contributed by atoms with Crippen molar-refractivity contribution in [3.63, 3.8) is 0 Å². The van der Waals surface area contributed by atoms with Gasteiger partial charge < -0.3 is 9.64 Å². The van der Waals surface area contributed by atoms with Gasteiger partial charge in [0.15, 0.2) is 0 Å². The summed E-state index contributed by atoms with van der Waals surface area (Å²) in [6, 6.07) is 4.62. The smallest absolute Gasteiger partial charge is 0.285 e. The molecule has 1 heterocycles. The van der Waals surface area contributed by atoms with Gasteiger partial charge in [0.25, 0.3) is 11.6 Å². The van der Waals surface area contributed by atoms with Crippen LogP contribution in [0.1, 0.15) is 55.3 Å². The van der Waals surface area contributed by atoms with Crippen molar-refractivity contribution in [1.29, 1.82) is 0 Å². The van der Waals surface area contributed by atoms with Gasteiger partial charge in [0.2, 0.25) is 0 Å². The number of nitrogens with zero attached hydrogens (tertiary/aromatic N) is 2. The van der Waals surface area contributed by atoms with Crippen molar-refractivity contribution in [3.8, 4) is 5.75 Å². The second-order valence-corrected chi connectivity index (χ2v) is 6.31. The molecule has 0 bridgehead atoms. The van der Waals surface area contributed by atoms with Crippen LogP contribution >= 0.6 is 0 Å². The quantitative estimate of drug-likeness (QED) is 0.628. The van der Waals surface area contributed by atoms with Crippen LogP contribution in [0.25, 0.3) is 0 Å². The van der Waals surface area contributed by atoms with Crippen molar-refractivity contribution in [1.82, 2.24) is 4.90 Å². The molecule has 1 amide bonds. The molecule has 6 heteroatoms. The molecule has 3 rings (SSSR count). The van der Waals surface area contributed by atoms with Gasteiger partial charge in [0, 0.05) is 13.1 Å². The highest BCUT2D eigenvalue weighted by Gasteiger charge is 2.27. The number of ether oxygens (including phenoxy) is 1. The van der Waals surface area contributed by atoms with Crippen molar-refractivity contribution in [2.24, 2.45) is 0 Å². The van der Waals surface area contributed by atoms with Crippen molar-refractivity contribution < 1.29 is 14.5 Å². The zero-order valence-corrected chi connectivity index (χ0v) is 13.2. The molecule has 23 heavy (non-hydrogen) atoms. The summed E-state index contributed by atoms with van der Waals surface area (Å²) in [5.74, 6) is 0.239. The summed E-state index contributed by atoms with van der Waals surface area (Å²) in [5.41, 5.74) is 0.00624. The lowest BCUT2D eigenvalue weighted by Crippen LogP contribution is -2.35. The van der Waals surface area contributed by atoms with Gasteiger partial charge in [-0.1, -0.05) is 0 Å². The summed E-state index contributed by atoms with van der Waals surface area (Å²) < 4.78 is 5.82. The lowest BCUT2D eigenvalue weighted by molar-refractivity contribution is -0.385. The molecule has 0 aromatic heterocycles. The van der Waals surface area contributed by atoms with E-state index in [-0.39, 0.29) is 23.3 Å². The highest BCUT2D eigenvalue weighted by atomic mass is 16.6. The van der Waals surface area contributed by atoms with Crippen LogP contribution in [-0.4, -0.2) is 34.9 Å². The molecule has 0 unspecified atom stereocenters. The number of carbonyl (C=O) groups excluding carboxylic acids is 1. The Hall–Kier alpha value is -2.11. The van der Waals surface area contributed by atoms with E-state index in [1.165, 1.54) is 6.07 Å². The molecule has 1 saturated heterocycles. The van der Waals surface area contributed by atoms with Crippen LogP contribution in [0, 0.1) is 10.1 Å². The summed E-state index contributed by atoms with van der Waals surface area (Å²) >= 11 is 0.